The van der Waals surface area contributed by atoms with E-state index in [4.69, 9.17) is 9.47 Å². The number of aliphatic hydroxyl groups is 1. The van der Waals surface area contributed by atoms with Crippen molar-refractivity contribution in [3.8, 4) is 0 Å². The van der Waals surface area contributed by atoms with Crippen LogP contribution < -0.4 is 0 Å². The fourth-order valence-corrected chi connectivity index (χ4v) is 2.52. The SMILES string of the molecule is CCOC(=O)C12CCC(CO)(CC1)OC2. The second-order valence-corrected chi connectivity index (χ2v) is 4.63. The number of aliphatic hydroxyl groups excluding tert-OH is 1. The molecule has 1 aliphatic carbocycles. The highest BCUT2D eigenvalue weighted by Gasteiger charge is 2.54. The van der Waals surface area contributed by atoms with Crippen LogP contribution in [0.25, 0.3) is 0 Å². The lowest BCUT2D eigenvalue weighted by Gasteiger charge is -2.50. The van der Waals surface area contributed by atoms with Crippen molar-refractivity contribution in [2.45, 2.75) is 38.2 Å². The van der Waals surface area contributed by atoms with Crippen molar-refractivity contribution in [1.82, 2.24) is 0 Å². The van der Waals surface area contributed by atoms with Gasteiger partial charge in [-0.25, -0.2) is 0 Å². The predicted octanol–water partition coefficient (Wildman–Crippen LogP) is 0.871. The van der Waals surface area contributed by atoms with E-state index >= 15 is 0 Å². The Hall–Kier alpha value is -0.610. The standard InChI is InChI=1S/C11H18O4/c1-2-14-9(13)10-3-5-11(7-12,6-4-10)15-8-10/h12H,2-8H2,1H3. The zero-order valence-electron chi connectivity index (χ0n) is 9.12. The molecular weight excluding hydrogens is 196 g/mol. The van der Waals surface area contributed by atoms with Crippen molar-refractivity contribution in [3.05, 3.63) is 0 Å². The molecule has 2 saturated heterocycles. The number of ether oxygens (including phenoxy) is 2. The molecule has 0 aromatic heterocycles. The molecule has 0 aromatic rings. The van der Waals surface area contributed by atoms with Gasteiger partial charge in [0.25, 0.3) is 0 Å². The molecule has 0 aromatic carbocycles. The van der Waals surface area contributed by atoms with Gasteiger partial charge in [-0.15, -0.1) is 0 Å². The molecule has 0 unspecified atom stereocenters. The molecular formula is C11H18O4. The summed E-state index contributed by atoms with van der Waals surface area (Å²) in [6.07, 6.45) is 3.10. The first kappa shape index (κ1) is 10.9. The number of fused-ring (bicyclic) bond motifs is 3. The van der Waals surface area contributed by atoms with E-state index in [1.807, 2.05) is 6.92 Å². The summed E-state index contributed by atoms with van der Waals surface area (Å²) in [7, 11) is 0. The van der Waals surface area contributed by atoms with E-state index in [1.54, 1.807) is 0 Å². The third-order valence-corrected chi connectivity index (χ3v) is 3.77. The Kier molecular flexibility index (Phi) is 2.73. The molecule has 2 heterocycles. The van der Waals surface area contributed by atoms with Crippen molar-refractivity contribution < 1.29 is 19.4 Å². The average Bonchev–Trinajstić information content (AvgIpc) is 2.32. The van der Waals surface area contributed by atoms with E-state index in [2.05, 4.69) is 0 Å². The third kappa shape index (κ3) is 1.66. The molecule has 3 fully saturated rings. The largest absolute Gasteiger partial charge is 0.465 e. The Morgan fingerprint density at radius 2 is 2.07 bits per heavy atom. The number of hydrogen-bond acceptors (Lipinski definition) is 4. The van der Waals surface area contributed by atoms with Gasteiger partial charge in [0.05, 0.1) is 30.8 Å². The van der Waals surface area contributed by atoms with Crippen LogP contribution in [0.2, 0.25) is 0 Å². The number of esters is 1. The van der Waals surface area contributed by atoms with Crippen molar-refractivity contribution in [2.75, 3.05) is 19.8 Å². The zero-order chi connectivity index (χ0) is 10.9. The van der Waals surface area contributed by atoms with Crippen molar-refractivity contribution in [1.29, 1.82) is 0 Å². The summed E-state index contributed by atoms with van der Waals surface area (Å²) in [4.78, 5) is 11.8. The number of hydrogen-bond donors (Lipinski definition) is 1. The summed E-state index contributed by atoms with van der Waals surface area (Å²) < 4.78 is 10.7. The van der Waals surface area contributed by atoms with Crippen molar-refractivity contribution in [3.63, 3.8) is 0 Å². The normalized spacial score (nSPS) is 39.1. The zero-order valence-corrected chi connectivity index (χ0v) is 9.12. The summed E-state index contributed by atoms with van der Waals surface area (Å²) >= 11 is 0. The fourth-order valence-electron chi connectivity index (χ4n) is 2.52. The van der Waals surface area contributed by atoms with Crippen LogP contribution in [0.4, 0.5) is 0 Å². The lowest BCUT2D eigenvalue weighted by molar-refractivity contribution is -0.214. The van der Waals surface area contributed by atoms with Crippen molar-refractivity contribution in [2.24, 2.45) is 5.41 Å². The van der Waals surface area contributed by atoms with Gasteiger partial charge in [0.1, 0.15) is 0 Å². The molecule has 1 saturated carbocycles. The van der Waals surface area contributed by atoms with Gasteiger partial charge in [-0.05, 0) is 32.6 Å². The van der Waals surface area contributed by atoms with Gasteiger partial charge < -0.3 is 14.6 Å². The van der Waals surface area contributed by atoms with Gasteiger partial charge in [-0.1, -0.05) is 0 Å². The maximum Gasteiger partial charge on any atom is 0.314 e. The van der Waals surface area contributed by atoms with Crippen LogP contribution in [0.15, 0.2) is 0 Å². The van der Waals surface area contributed by atoms with Crippen molar-refractivity contribution >= 4 is 5.97 Å². The Balaban J connectivity index is 2.06. The summed E-state index contributed by atoms with van der Waals surface area (Å²) in [6, 6.07) is 0. The van der Waals surface area contributed by atoms with Crippen LogP contribution in [0, 0.1) is 5.41 Å². The molecule has 2 bridgehead atoms. The molecule has 0 spiro atoms. The van der Waals surface area contributed by atoms with E-state index in [0.717, 1.165) is 25.7 Å². The summed E-state index contributed by atoms with van der Waals surface area (Å²) in [5.41, 5.74) is -0.791. The Bertz CT molecular complexity index is 237. The summed E-state index contributed by atoms with van der Waals surface area (Å²) in [6.45, 7) is 2.71. The van der Waals surface area contributed by atoms with Crippen LogP contribution in [-0.2, 0) is 14.3 Å². The van der Waals surface area contributed by atoms with Crippen LogP contribution in [0.3, 0.4) is 0 Å². The van der Waals surface area contributed by atoms with E-state index < -0.39 is 5.41 Å². The minimum atomic E-state index is -0.424. The van der Waals surface area contributed by atoms with Crippen LogP contribution in [0.5, 0.6) is 0 Å². The minimum absolute atomic E-state index is 0.0614. The topological polar surface area (TPSA) is 55.8 Å². The second kappa shape index (κ2) is 3.76. The predicted molar refractivity (Wildman–Crippen MR) is 53.3 cm³/mol. The molecule has 4 nitrogen and oxygen atoms in total. The molecule has 4 heteroatoms. The molecule has 2 aliphatic heterocycles. The van der Waals surface area contributed by atoms with Gasteiger partial charge in [-0.3, -0.25) is 4.79 Å². The quantitative estimate of drug-likeness (QED) is 0.708. The van der Waals surface area contributed by atoms with Gasteiger partial charge in [0, 0.05) is 0 Å². The van der Waals surface area contributed by atoms with Crippen LogP contribution >= 0.6 is 0 Å². The Morgan fingerprint density at radius 1 is 1.40 bits per heavy atom. The van der Waals surface area contributed by atoms with Gasteiger partial charge in [-0.2, -0.15) is 0 Å². The molecule has 0 amide bonds. The van der Waals surface area contributed by atoms with Gasteiger partial charge in [0.15, 0.2) is 0 Å². The van der Waals surface area contributed by atoms with Crippen LogP contribution in [0.1, 0.15) is 32.6 Å². The maximum absolute atomic E-state index is 11.8. The molecule has 15 heavy (non-hydrogen) atoms. The summed E-state index contributed by atoms with van der Waals surface area (Å²) in [5, 5.41) is 9.25. The summed E-state index contributed by atoms with van der Waals surface area (Å²) in [5.74, 6) is -0.128. The lowest BCUT2D eigenvalue weighted by atomic mass is 9.66. The first-order valence-corrected chi connectivity index (χ1v) is 5.58. The number of carbonyl (C=O) groups excluding carboxylic acids is 1. The first-order chi connectivity index (χ1) is 7.16. The van der Waals surface area contributed by atoms with Gasteiger partial charge >= 0.3 is 5.97 Å². The van der Waals surface area contributed by atoms with E-state index in [-0.39, 0.29) is 18.2 Å². The smallest absolute Gasteiger partial charge is 0.314 e. The van der Waals surface area contributed by atoms with Crippen LogP contribution in [-0.4, -0.2) is 36.5 Å². The number of carbonyl (C=O) groups is 1. The highest BCUT2D eigenvalue weighted by Crippen LogP contribution is 2.49. The molecule has 0 atom stereocenters. The highest BCUT2D eigenvalue weighted by molar-refractivity contribution is 5.77. The Morgan fingerprint density at radius 3 is 2.47 bits per heavy atom. The van der Waals surface area contributed by atoms with E-state index in [1.165, 1.54) is 0 Å². The Labute approximate surface area is 89.6 Å². The fraction of sp³-hybridized carbons (Fsp3) is 0.909. The lowest BCUT2D eigenvalue weighted by Crippen LogP contribution is -2.56. The molecule has 0 radical (unpaired) electrons. The monoisotopic (exact) mass is 214 g/mol. The minimum Gasteiger partial charge on any atom is -0.465 e. The van der Waals surface area contributed by atoms with E-state index in [0.29, 0.717) is 13.2 Å². The van der Waals surface area contributed by atoms with E-state index in [9.17, 15) is 9.90 Å². The highest BCUT2D eigenvalue weighted by atomic mass is 16.5. The second-order valence-electron chi connectivity index (χ2n) is 4.63. The first-order valence-electron chi connectivity index (χ1n) is 5.58. The molecule has 86 valence electrons. The maximum atomic E-state index is 11.8. The molecule has 3 aliphatic rings. The van der Waals surface area contributed by atoms with Gasteiger partial charge in [0.2, 0.25) is 0 Å². The molecule has 3 rings (SSSR count). The third-order valence-electron chi connectivity index (χ3n) is 3.77. The average molecular weight is 214 g/mol. The number of rotatable bonds is 3. The molecule has 1 N–H and O–H groups in total.